The highest BCUT2D eigenvalue weighted by atomic mass is 16.1. The molecule has 7 nitrogen and oxygen atoms in total. The first-order chi connectivity index (χ1) is 14.1. The topological polar surface area (TPSA) is 64.6 Å². The first kappa shape index (κ1) is 19.5. The molecule has 0 unspecified atom stereocenters. The van der Waals surface area contributed by atoms with E-state index >= 15 is 0 Å². The quantitative estimate of drug-likeness (QED) is 0.787. The van der Waals surface area contributed by atoms with Crippen molar-refractivity contribution in [3.05, 3.63) is 36.0 Å². The van der Waals surface area contributed by atoms with Gasteiger partial charge in [0.1, 0.15) is 5.82 Å². The number of carbonyl (C=O) groups excluding carboxylic acids is 1. The largest absolute Gasteiger partial charge is 0.372 e. The van der Waals surface area contributed by atoms with Gasteiger partial charge in [-0.05, 0) is 49.9 Å². The summed E-state index contributed by atoms with van der Waals surface area (Å²) in [6, 6.07) is 10.6. The molecule has 0 bridgehead atoms. The van der Waals surface area contributed by atoms with Gasteiger partial charge < -0.3 is 20.0 Å². The van der Waals surface area contributed by atoms with Crippen LogP contribution in [0.1, 0.15) is 25.5 Å². The van der Waals surface area contributed by atoms with Gasteiger partial charge in [-0.2, -0.15) is 4.98 Å². The van der Waals surface area contributed by atoms with Crippen LogP contribution >= 0.6 is 0 Å². The van der Waals surface area contributed by atoms with Crippen molar-refractivity contribution in [3.63, 3.8) is 0 Å². The van der Waals surface area contributed by atoms with E-state index in [4.69, 9.17) is 4.98 Å². The summed E-state index contributed by atoms with van der Waals surface area (Å²) in [6.07, 6.45) is 3.45. The molecule has 2 fully saturated rings. The minimum absolute atomic E-state index is 0.709. The molecule has 2 aliphatic rings. The molecule has 154 valence electrons. The molecule has 0 atom stereocenters. The molecular formula is C22H30N6O. The molecule has 7 heteroatoms. The van der Waals surface area contributed by atoms with Gasteiger partial charge in [0.15, 0.2) is 0 Å². The number of aryl methyl sites for hydroxylation is 1. The van der Waals surface area contributed by atoms with E-state index in [1.54, 1.807) is 4.90 Å². The van der Waals surface area contributed by atoms with Crippen LogP contribution in [0.3, 0.4) is 0 Å². The third kappa shape index (κ3) is 4.78. The summed E-state index contributed by atoms with van der Waals surface area (Å²) < 4.78 is 0. The molecule has 0 radical (unpaired) electrons. The van der Waals surface area contributed by atoms with Crippen LogP contribution in [-0.2, 0) is 4.79 Å². The number of aromatic nitrogens is 2. The molecule has 0 saturated carbocycles. The van der Waals surface area contributed by atoms with E-state index in [9.17, 15) is 4.79 Å². The highest BCUT2D eigenvalue weighted by molar-refractivity contribution is 5.62. The van der Waals surface area contributed by atoms with Crippen LogP contribution in [0, 0.1) is 12.8 Å². The number of hydrogen-bond acceptors (Lipinski definition) is 6. The fourth-order valence-corrected chi connectivity index (χ4v) is 3.96. The maximum atomic E-state index is 10.9. The zero-order valence-corrected chi connectivity index (χ0v) is 17.3. The molecule has 1 N–H and O–H groups in total. The van der Waals surface area contributed by atoms with Gasteiger partial charge >= 0.3 is 0 Å². The Bertz CT molecular complexity index is 824. The van der Waals surface area contributed by atoms with Gasteiger partial charge in [-0.1, -0.05) is 6.92 Å². The standard InChI is InChI=1S/C22H30N6O/c1-17-7-9-27(10-8-17)20-5-3-19(4-6-20)24-21-15-18(2)23-22(25-21)28-13-11-26(16-29)12-14-28/h3-6,15-17H,7-14H2,1-2H3,(H,23,24,25). The van der Waals surface area contributed by atoms with Crippen molar-refractivity contribution in [3.8, 4) is 0 Å². The second-order valence-electron chi connectivity index (χ2n) is 8.16. The van der Waals surface area contributed by atoms with E-state index in [1.807, 2.05) is 13.0 Å². The van der Waals surface area contributed by atoms with Crippen LogP contribution in [0.25, 0.3) is 0 Å². The van der Waals surface area contributed by atoms with Gasteiger partial charge in [0, 0.05) is 62.4 Å². The molecule has 1 aromatic heterocycles. The average molecular weight is 395 g/mol. The predicted molar refractivity (Wildman–Crippen MR) is 117 cm³/mol. The lowest BCUT2D eigenvalue weighted by molar-refractivity contribution is -0.118. The van der Waals surface area contributed by atoms with E-state index in [0.29, 0.717) is 13.1 Å². The van der Waals surface area contributed by atoms with Crippen LogP contribution in [0.2, 0.25) is 0 Å². The molecule has 1 aromatic carbocycles. The number of hydrogen-bond donors (Lipinski definition) is 1. The molecule has 1 amide bonds. The van der Waals surface area contributed by atoms with Crippen molar-refractivity contribution < 1.29 is 4.79 Å². The summed E-state index contributed by atoms with van der Waals surface area (Å²) in [7, 11) is 0. The Morgan fingerprint density at radius 3 is 2.31 bits per heavy atom. The Hall–Kier alpha value is -2.83. The Balaban J connectivity index is 1.42. The van der Waals surface area contributed by atoms with Crippen LogP contribution < -0.4 is 15.1 Å². The summed E-state index contributed by atoms with van der Waals surface area (Å²) in [5.74, 6) is 2.35. The third-order valence-electron chi connectivity index (χ3n) is 5.88. The number of rotatable bonds is 5. The molecule has 0 aliphatic carbocycles. The van der Waals surface area contributed by atoms with Crippen LogP contribution in [0.15, 0.2) is 30.3 Å². The van der Waals surface area contributed by atoms with Gasteiger partial charge in [0.2, 0.25) is 12.4 Å². The zero-order chi connectivity index (χ0) is 20.2. The Morgan fingerprint density at radius 1 is 0.966 bits per heavy atom. The van der Waals surface area contributed by atoms with Crippen molar-refractivity contribution in [2.45, 2.75) is 26.7 Å². The van der Waals surface area contributed by atoms with Crippen molar-refractivity contribution in [1.29, 1.82) is 0 Å². The number of piperidine rings is 1. The second-order valence-corrected chi connectivity index (χ2v) is 8.16. The Kier molecular flexibility index (Phi) is 5.83. The van der Waals surface area contributed by atoms with E-state index in [2.05, 4.69) is 51.3 Å². The molecule has 3 heterocycles. The maximum absolute atomic E-state index is 10.9. The first-order valence-electron chi connectivity index (χ1n) is 10.5. The maximum Gasteiger partial charge on any atom is 0.227 e. The fraction of sp³-hybridized carbons (Fsp3) is 0.500. The monoisotopic (exact) mass is 394 g/mol. The minimum Gasteiger partial charge on any atom is -0.372 e. The van der Waals surface area contributed by atoms with Crippen LogP contribution in [0.4, 0.5) is 23.1 Å². The van der Waals surface area contributed by atoms with Gasteiger partial charge in [0.25, 0.3) is 0 Å². The van der Waals surface area contributed by atoms with Crippen molar-refractivity contribution >= 4 is 29.6 Å². The lowest BCUT2D eigenvalue weighted by Gasteiger charge is -2.32. The summed E-state index contributed by atoms with van der Waals surface area (Å²) in [5.41, 5.74) is 3.23. The predicted octanol–water partition coefficient (Wildman–Crippen LogP) is 3.04. The molecule has 4 rings (SSSR count). The number of amides is 1. The van der Waals surface area contributed by atoms with Gasteiger partial charge in [-0.15, -0.1) is 0 Å². The van der Waals surface area contributed by atoms with Gasteiger partial charge in [-0.25, -0.2) is 4.98 Å². The van der Waals surface area contributed by atoms with Crippen molar-refractivity contribution in [2.75, 3.05) is 54.4 Å². The van der Waals surface area contributed by atoms with Crippen molar-refractivity contribution in [1.82, 2.24) is 14.9 Å². The first-order valence-corrected chi connectivity index (χ1v) is 10.5. The van der Waals surface area contributed by atoms with Crippen molar-refractivity contribution in [2.24, 2.45) is 5.92 Å². The lowest BCUT2D eigenvalue weighted by atomic mass is 9.99. The van der Waals surface area contributed by atoms with E-state index < -0.39 is 0 Å². The molecular weight excluding hydrogens is 364 g/mol. The fourth-order valence-electron chi connectivity index (χ4n) is 3.96. The number of anilines is 4. The summed E-state index contributed by atoms with van der Waals surface area (Å²) in [4.78, 5) is 26.6. The average Bonchev–Trinajstić information content (AvgIpc) is 2.75. The number of nitrogens with one attached hydrogen (secondary N) is 1. The molecule has 2 saturated heterocycles. The Morgan fingerprint density at radius 2 is 1.66 bits per heavy atom. The van der Waals surface area contributed by atoms with Gasteiger partial charge in [0.05, 0.1) is 0 Å². The zero-order valence-electron chi connectivity index (χ0n) is 17.3. The highest BCUT2D eigenvalue weighted by Gasteiger charge is 2.19. The normalized spacial score (nSPS) is 18.1. The summed E-state index contributed by atoms with van der Waals surface area (Å²) in [6.45, 7) is 9.53. The number of benzene rings is 1. The summed E-state index contributed by atoms with van der Waals surface area (Å²) >= 11 is 0. The van der Waals surface area contributed by atoms with E-state index in [0.717, 1.165) is 61.7 Å². The highest BCUT2D eigenvalue weighted by Crippen LogP contribution is 2.26. The SMILES string of the molecule is Cc1cc(Nc2ccc(N3CCC(C)CC3)cc2)nc(N2CCN(C=O)CC2)n1. The second kappa shape index (κ2) is 8.68. The van der Waals surface area contributed by atoms with Crippen LogP contribution in [-0.4, -0.2) is 60.5 Å². The molecule has 0 spiro atoms. The van der Waals surface area contributed by atoms with Gasteiger partial charge in [-0.3, -0.25) is 4.79 Å². The number of nitrogens with zero attached hydrogens (tertiary/aromatic N) is 5. The lowest BCUT2D eigenvalue weighted by Crippen LogP contribution is -2.46. The smallest absolute Gasteiger partial charge is 0.227 e. The summed E-state index contributed by atoms with van der Waals surface area (Å²) in [5, 5.41) is 3.42. The molecule has 29 heavy (non-hydrogen) atoms. The molecule has 2 aromatic rings. The Labute approximate surface area is 172 Å². The molecule has 2 aliphatic heterocycles. The van der Waals surface area contributed by atoms with Crippen LogP contribution in [0.5, 0.6) is 0 Å². The number of piperazine rings is 1. The third-order valence-corrected chi connectivity index (χ3v) is 5.88. The van der Waals surface area contributed by atoms with E-state index in [1.165, 1.54) is 18.5 Å². The number of carbonyl (C=O) groups is 1. The van der Waals surface area contributed by atoms with E-state index in [-0.39, 0.29) is 0 Å². The minimum atomic E-state index is 0.709.